The topological polar surface area (TPSA) is 89.7 Å². The van der Waals surface area contributed by atoms with Crippen molar-refractivity contribution < 1.29 is 18.8 Å². The van der Waals surface area contributed by atoms with Gasteiger partial charge in [0.15, 0.2) is 0 Å². The number of benzene rings is 2. The summed E-state index contributed by atoms with van der Waals surface area (Å²) in [7, 11) is 1.68. The van der Waals surface area contributed by atoms with Crippen LogP contribution in [0.1, 0.15) is 37.6 Å². The molecule has 0 aliphatic carbocycles. The number of ether oxygens (including phenoxy) is 2. The molecule has 2 aromatic carbocycles. The van der Waals surface area contributed by atoms with E-state index in [1.54, 1.807) is 7.11 Å². The van der Waals surface area contributed by atoms with Crippen molar-refractivity contribution >= 4 is 5.91 Å². The number of rotatable bonds is 11. The smallest absolute Gasteiger partial charge is 0.227 e. The number of likely N-dealkylation sites (tertiary alicyclic amines) is 1. The van der Waals surface area contributed by atoms with Crippen molar-refractivity contribution in [1.29, 1.82) is 0 Å². The number of carbonyl (C=O) groups excluding carboxylic acids is 1. The molecule has 0 unspecified atom stereocenters. The number of hydrogen-bond donors (Lipinski definition) is 1. The molecule has 1 N–H and O–H groups in total. The van der Waals surface area contributed by atoms with Gasteiger partial charge in [0.25, 0.3) is 0 Å². The normalized spacial score (nSPS) is 14.6. The number of piperidine rings is 1. The van der Waals surface area contributed by atoms with Gasteiger partial charge in [-0.15, -0.1) is 0 Å². The Morgan fingerprint density at radius 1 is 1.09 bits per heavy atom. The predicted molar refractivity (Wildman–Crippen MR) is 133 cm³/mol. The molecular weight excluding hydrogens is 444 g/mol. The monoisotopic (exact) mass is 478 g/mol. The zero-order chi connectivity index (χ0) is 24.5. The Morgan fingerprint density at radius 3 is 2.49 bits per heavy atom. The van der Waals surface area contributed by atoms with Gasteiger partial charge in [-0.1, -0.05) is 17.3 Å². The van der Waals surface area contributed by atoms with Gasteiger partial charge < -0.3 is 19.3 Å². The number of aromatic nitrogens is 2. The molecule has 8 nitrogen and oxygen atoms in total. The fourth-order valence-electron chi connectivity index (χ4n) is 4.25. The van der Waals surface area contributed by atoms with Gasteiger partial charge in [-0.2, -0.15) is 4.98 Å². The van der Waals surface area contributed by atoms with Crippen LogP contribution in [0.4, 0.5) is 0 Å². The van der Waals surface area contributed by atoms with Gasteiger partial charge in [0, 0.05) is 31.5 Å². The first-order valence-corrected chi connectivity index (χ1v) is 12.3. The summed E-state index contributed by atoms with van der Waals surface area (Å²) in [5, 5.41) is 7.12. The number of amides is 1. The van der Waals surface area contributed by atoms with Crippen molar-refractivity contribution in [3.05, 3.63) is 60.0 Å². The molecule has 1 saturated heterocycles. The summed E-state index contributed by atoms with van der Waals surface area (Å²) in [6.45, 7) is 6.33. The third-order valence-electron chi connectivity index (χ3n) is 6.32. The summed E-state index contributed by atoms with van der Waals surface area (Å²) < 4.78 is 16.0. The highest BCUT2D eigenvalue weighted by atomic mass is 16.5. The van der Waals surface area contributed by atoms with Crippen LogP contribution >= 0.6 is 0 Å². The first-order chi connectivity index (χ1) is 17.1. The first-order valence-electron chi connectivity index (χ1n) is 12.3. The summed E-state index contributed by atoms with van der Waals surface area (Å²) in [4.78, 5) is 19.2. The van der Waals surface area contributed by atoms with Gasteiger partial charge in [0.1, 0.15) is 11.5 Å². The van der Waals surface area contributed by atoms with E-state index in [-0.39, 0.29) is 5.91 Å². The van der Waals surface area contributed by atoms with E-state index in [1.807, 2.05) is 43.3 Å². The lowest BCUT2D eigenvalue weighted by atomic mass is 9.96. The van der Waals surface area contributed by atoms with Gasteiger partial charge in [-0.3, -0.25) is 9.69 Å². The summed E-state index contributed by atoms with van der Waals surface area (Å²) in [5.74, 6) is 3.21. The van der Waals surface area contributed by atoms with Gasteiger partial charge in [0.05, 0.1) is 13.7 Å². The first kappa shape index (κ1) is 24.7. The van der Waals surface area contributed by atoms with Crippen LogP contribution in [-0.2, 0) is 17.8 Å². The Bertz CT molecular complexity index is 1060. The second-order valence-corrected chi connectivity index (χ2v) is 8.84. The largest absolute Gasteiger partial charge is 0.497 e. The highest BCUT2D eigenvalue weighted by Crippen LogP contribution is 2.21. The maximum absolute atomic E-state index is 12.4. The van der Waals surface area contributed by atoms with Crippen LogP contribution < -0.4 is 14.8 Å². The molecule has 1 aliphatic rings. The van der Waals surface area contributed by atoms with Crippen LogP contribution in [-0.4, -0.2) is 54.3 Å². The summed E-state index contributed by atoms with van der Waals surface area (Å²) in [6, 6.07) is 15.8. The van der Waals surface area contributed by atoms with Crippen molar-refractivity contribution in [2.75, 3.05) is 33.4 Å². The van der Waals surface area contributed by atoms with Crippen molar-refractivity contribution in [1.82, 2.24) is 20.4 Å². The third kappa shape index (κ3) is 7.29. The van der Waals surface area contributed by atoms with Gasteiger partial charge in [-0.05, 0) is 80.7 Å². The molecule has 0 bridgehead atoms. The number of methoxy groups -OCH3 is 1. The van der Waals surface area contributed by atoms with E-state index < -0.39 is 0 Å². The zero-order valence-corrected chi connectivity index (χ0v) is 20.5. The minimum atomic E-state index is 0.0199. The van der Waals surface area contributed by atoms with Gasteiger partial charge >= 0.3 is 0 Å². The molecule has 8 heteroatoms. The fraction of sp³-hybridized carbons (Fsp3) is 0.444. The minimum Gasteiger partial charge on any atom is -0.497 e. The average Bonchev–Trinajstić information content (AvgIpc) is 3.37. The van der Waals surface area contributed by atoms with E-state index in [0.717, 1.165) is 56.1 Å². The van der Waals surface area contributed by atoms with Crippen molar-refractivity contribution in [2.24, 2.45) is 5.92 Å². The molecule has 0 spiro atoms. The lowest BCUT2D eigenvalue weighted by Crippen LogP contribution is -2.38. The maximum atomic E-state index is 12.4. The molecule has 35 heavy (non-hydrogen) atoms. The summed E-state index contributed by atoms with van der Waals surface area (Å²) in [5.41, 5.74) is 2.15. The van der Waals surface area contributed by atoms with E-state index in [1.165, 1.54) is 5.56 Å². The van der Waals surface area contributed by atoms with Gasteiger partial charge in [-0.25, -0.2) is 0 Å². The molecule has 0 radical (unpaired) electrons. The number of nitrogens with zero attached hydrogens (tertiary/aromatic N) is 3. The molecule has 0 saturated carbocycles. The van der Waals surface area contributed by atoms with Gasteiger partial charge in [0.2, 0.25) is 17.6 Å². The molecular formula is C27H34N4O4. The molecule has 1 aromatic heterocycles. The lowest BCUT2D eigenvalue weighted by molar-refractivity contribution is -0.121. The highest BCUT2D eigenvalue weighted by molar-refractivity contribution is 5.76. The van der Waals surface area contributed by atoms with E-state index in [2.05, 4.69) is 32.5 Å². The molecule has 1 aliphatic heterocycles. The molecule has 3 aromatic rings. The van der Waals surface area contributed by atoms with Crippen molar-refractivity contribution in [3.63, 3.8) is 0 Å². The maximum Gasteiger partial charge on any atom is 0.227 e. The summed E-state index contributed by atoms with van der Waals surface area (Å²) >= 11 is 0. The molecule has 1 amide bonds. The standard InChI is InChI=1S/C27H34N4O4/c1-3-34-24-10-6-22(7-11-24)27-29-26(35-30-27)13-12-25(32)28-18-20-14-16-31(17-15-20)19-21-4-8-23(33-2)9-5-21/h4-11,20H,3,12-19H2,1-2H3,(H,28,32). The van der Waals surface area contributed by atoms with E-state index in [9.17, 15) is 4.79 Å². The quantitative estimate of drug-likeness (QED) is 0.444. The molecule has 186 valence electrons. The predicted octanol–water partition coefficient (Wildman–Crippen LogP) is 4.10. The lowest BCUT2D eigenvalue weighted by Gasteiger charge is -2.32. The van der Waals surface area contributed by atoms with E-state index >= 15 is 0 Å². The Kier molecular flexibility index (Phi) is 8.73. The Morgan fingerprint density at radius 2 is 1.80 bits per heavy atom. The van der Waals surface area contributed by atoms with Crippen LogP contribution in [0.25, 0.3) is 11.4 Å². The zero-order valence-electron chi connectivity index (χ0n) is 20.5. The van der Waals surface area contributed by atoms with Crippen LogP contribution in [0.3, 0.4) is 0 Å². The number of hydrogen-bond acceptors (Lipinski definition) is 7. The SMILES string of the molecule is CCOc1ccc(-c2noc(CCC(=O)NCC3CCN(Cc4ccc(OC)cc4)CC3)n2)cc1. The fourth-order valence-corrected chi connectivity index (χ4v) is 4.25. The average molecular weight is 479 g/mol. The molecule has 4 rings (SSSR count). The molecule has 2 heterocycles. The van der Waals surface area contributed by atoms with Crippen LogP contribution in [0.5, 0.6) is 11.5 Å². The minimum absolute atomic E-state index is 0.0199. The second-order valence-electron chi connectivity index (χ2n) is 8.84. The van der Waals surface area contributed by atoms with E-state index in [4.69, 9.17) is 14.0 Å². The van der Waals surface area contributed by atoms with Crippen LogP contribution in [0.2, 0.25) is 0 Å². The van der Waals surface area contributed by atoms with E-state index in [0.29, 0.717) is 37.1 Å². The Hall–Kier alpha value is -3.39. The number of aryl methyl sites for hydroxylation is 1. The highest BCUT2D eigenvalue weighted by Gasteiger charge is 2.20. The summed E-state index contributed by atoms with van der Waals surface area (Å²) in [6.07, 6.45) is 2.94. The van der Waals surface area contributed by atoms with Crippen molar-refractivity contribution in [3.8, 4) is 22.9 Å². The van der Waals surface area contributed by atoms with Crippen molar-refractivity contribution in [2.45, 2.75) is 39.2 Å². The number of nitrogens with one attached hydrogen (secondary N) is 1. The third-order valence-corrected chi connectivity index (χ3v) is 6.32. The van der Waals surface area contributed by atoms with Crippen LogP contribution in [0, 0.1) is 5.92 Å². The Labute approximate surface area is 206 Å². The molecule has 1 fully saturated rings. The number of carbonyl (C=O) groups is 1. The van der Waals surface area contributed by atoms with Crippen LogP contribution in [0.15, 0.2) is 53.1 Å². The Balaban J connectivity index is 1.14. The second kappa shape index (κ2) is 12.4. The molecule has 0 atom stereocenters.